The highest BCUT2D eigenvalue weighted by Gasteiger charge is 2.28. The standard InChI is InChI=1S/C22H22O3S/c1-22(2)12-13-26-20-16(8-5-9-18(20)22)7-4-6-15-10-11-17(19(23)14-15)21(24)25-3/h5,8-11,14,23H,7,12-13H2,1-3H3. The molecule has 0 unspecified atom stereocenters. The van der Waals surface area contributed by atoms with Crippen LogP contribution in [0.15, 0.2) is 41.3 Å². The second kappa shape index (κ2) is 7.47. The summed E-state index contributed by atoms with van der Waals surface area (Å²) in [6.07, 6.45) is 1.84. The number of benzene rings is 2. The lowest BCUT2D eigenvalue weighted by Crippen LogP contribution is -2.23. The Morgan fingerprint density at radius 2 is 2.12 bits per heavy atom. The fourth-order valence-electron chi connectivity index (χ4n) is 3.10. The average molecular weight is 366 g/mol. The number of fused-ring (bicyclic) bond motifs is 1. The zero-order chi connectivity index (χ0) is 18.7. The molecule has 26 heavy (non-hydrogen) atoms. The molecule has 0 radical (unpaired) electrons. The summed E-state index contributed by atoms with van der Waals surface area (Å²) in [7, 11) is 1.29. The Bertz CT molecular complexity index is 903. The van der Waals surface area contributed by atoms with Gasteiger partial charge in [0.25, 0.3) is 0 Å². The van der Waals surface area contributed by atoms with Crippen molar-refractivity contribution in [3.63, 3.8) is 0 Å². The van der Waals surface area contributed by atoms with Crippen LogP contribution in [-0.2, 0) is 16.6 Å². The molecule has 0 fully saturated rings. The molecule has 0 saturated carbocycles. The maximum absolute atomic E-state index is 11.5. The second-order valence-corrected chi connectivity index (χ2v) is 8.08. The van der Waals surface area contributed by atoms with Crippen LogP contribution in [0.1, 0.15) is 47.3 Å². The van der Waals surface area contributed by atoms with Crippen molar-refractivity contribution < 1.29 is 14.6 Å². The van der Waals surface area contributed by atoms with Crippen molar-refractivity contribution in [1.82, 2.24) is 0 Å². The summed E-state index contributed by atoms with van der Waals surface area (Å²) in [4.78, 5) is 12.9. The first kappa shape index (κ1) is 18.4. The van der Waals surface area contributed by atoms with Crippen LogP contribution in [0.2, 0.25) is 0 Å². The summed E-state index contributed by atoms with van der Waals surface area (Å²) in [5.41, 5.74) is 3.69. The first-order valence-electron chi connectivity index (χ1n) is 8.58. The minimum Gasteiger partial charge on any atom is -0.507 e. The van der Waals surface area contributed by atoms with E-state index in [0.717, 1.165) is 5.75 Å². The lowest BCUT2D eigenvalue weighted by atomic mass is 9.81. The number of phenols is 1. The van der Waals surface area contributed by atoms with Gasteiger partial charge >= 0.3 is 5.97 Å². The van der Waals surface area contributed by atoms with Gasteiger partial charge in [-0.15, -0.1) is 11.8 Å². The van der Waals surface area contributed by atoms with Crippen LogP contribution in [-0.4, -0.2) is 23.9 Å². The number of esters is 1. The van der Waals surface area contributed by atoms with Crippen molar-refractivity contribution in [3.8, 4) is 17.6 Å². The smallest absolute Gasteiger partial charge is 0.341 e. The molecule has 0 saturated heterocycles. The number of methoxy groups -OCH3 is 1. The molecule has 0 spiro atoms. The molecule has 0 aromatic heterocycles. The molecule has 0 amide bonds. The maximum Gasteiger partial charge on any atom is 0.341 e. The topological polar surface area (TPSA) is 46.5 Å². The maximum atomic E-state index is 11.5. The van der Waals surface area contributed by atoms with Crippen LogP contribution in [0.3, 0.4) is 0 Å². The highest BCUT2D eigenvalue weighted by Crippen LogP contribution is 2.43. The van der Waals surface area contributed by atoms with Crippen molar-refractivity contribution in [2.75, 3.05) is 12.9 Å². The molecule has 1 heterocycles. The Morgan fingerprint density at radius 3 is 2.85 bits per heavy atom. The summed E-state index contributed by atoms with van der Waals surface area (Å²) in [5.74, 6) is 6.73. The van der Waals surface area contributed by atoms with Gasteiger partial charge in [-0.1, -0.05) is 43.9 Å². The fourth-order valence-corrected chi connectivity index (χ4v) is 4.75. The van der Waals surface area contributed by atoms with Crippen molar-refractivity contribution in [3.05, 3.63) is 58.7 Å². The molecule has 0 bridgehead atoms. The van der Waals surface area contributed by atoms with Gasteiger partial charge in [-0.25, -0.2) is 4.79 Å². The van der Waals surface area contributed by atoms with E-state index in [-0.39, 0.29) is 16.7 Å². The van der Waals surface area contributed by atoms with Gasteiger partial charge in [0, 0.05) is 16.9 Å². The van der Waals surface area contributed by atoms with Crippen LogP contribution in [0.5, 0.6) is 5.75 Å². The van der Waals surface area contributed by atoms with Gasteiger partial charge in [-0.2, -0.15) is 0 Å². The van der Waals surface area contributed by atoms with E-state index in [4.69, 9.17) is 0 Å². The number of aromatic hydroxyl groups is 1. The van der Waals surface area contributed by atoms with Gasteiger partial charge in [-0.3, -0.25) is 0 Å². The van der Waals surface area contributed by atoms with Gasteiger partial charge in [0.1, 0.15) is 11.3 Å². The molecular formula is C22H22O3S. The lowest BCUT2D eigenvalue weighted by molar-refractivity contribution is 0.0597. The number of hydrogen-bond acceptors (Lipinski definition) is 4. The molecule has 3 nitrogen and oxygen atoms in total. The Hall–Kier alpha value is -2.38. The number of rotatable bonds is 2. The summed E-state index contributed by atoms with van der Waals surface area (Å²) >= 11 is 1.91. The SMILES string of the molecule is COC(=O)c1ccc(C#CCc2cccc3c2SCCC3(C)C)cc1O. The number of thioether (sulfide) groups is 1. The summed E-state index contributed by atoms with van der Waals surface area (Å²) in [6, 6.07) is 11.2. The van der Waals surface area contributed by atoms with Crippen molar-refractivity contribution in [1.29, 1.82) is 0 Å². The van der Waals surface area contributed by atoms with Crippen LogP contribution < -0.4 is 0 Å². The van der Waals surface area contributed by atoms with Crippen LogP contribution in [0, 0.1) is 11.8 Å². The Morgan fingerprint density at radius 1 is 1.31 bits per heavy atom. The minimum atomic E-state index is -0.558. The molecule has 0 atom stereocenters. The molecule has 2 aromatic carbocycles. The zero-order valence-corrected chi connectivity index (χ0v) is 16.1. The van der Waals surface area contributed by atoms with E-state index in [0.29, 0.717) is 12.0 Å². The molecule has 3 rings (SSSR count). The lowest BCUT2D eigenvalue weighted by Gasteiger charge is -2.33. The largest absolute Gasteiger partial charge is 0.507 e. The molecule has 1 aliphatic heterocycles. The Balaban J connectivity index is 1.81. The van der Waals surface area contributed by atoms with Crippen molar-refractivity contribution >= 4 is 17.7 Å². The molecular weight excluding hydrogens is 344 g/mol. The molecule has 0 aliphatic carbocycles. The number of hydrogen-bond donors (Lipinski definition) is 1. The van der Waals surface area contributed by atoms with Crippen LogP contribution in [0.25, 0.3) is 0 Å². The monoisotopic (exact) mass is 366 g/mol. The van der Waals surface area contributed by atoms with Gasteiger partial charge < -0.3 is 9.84 Å². The molecule has 2 aromatic rings. The highest BCUT2D eigenvalue weighted by molar-refractivity contribution is 7.99. The number of carbonyl (C=O) groups is 1. The third-order valence-electron chi connectivity index (χ3n) is 4.71. The van der Waals surface area contributed by atoms with E-state index in [1.165, 1.54) is 41.7 Å². The van der Waals surface area contributed by atoms with Crippen LogP contribution >= 0.6 is 11.8 Å². The van der Waals surface area contributed by atoms with E-state index < -0.39 is 5.97 Å². The van der Waals surface area contributed by atoms with Gasteiger partial charge in [-0.05, 0) is 46.9 Å². The van der Waals surface area contributed by atoms with Crippen LogP contribution in [0.4, 0.5) is 0 Å². The van der Waals surface area contributed by atoms with Crippen molar-refractivity contribution in [2.24, 2.45) is 0 Å². The van der Waals surface area contributed by atoms with Gasteiger partial charge in [0.15, 0.2) is 0 Å². The number of carbonyl (C=O) groups excluding carboxylic acids is 1. The summed E-state index contributed by atoms with van der Waals surface area (Å²) in [6.45, 7) is 4.60. The molecule has 134 valence electrons. The first-order chi connectivity index (χ1) is 12.4. The predicted octanol–water partition coefficient (Wildman–Crippen LogP) is 4.55. The quantitative estimate of drug-likeness (QED) is 0.626. The molecule has 1 N–H and O–H groups in total. The van der Waals surface area contributed by atoms with E-state index in [2.05, 4.69) is 48.6 Å². The summed E-state index contributed by atoms with van der Waals surface area (Å²) < 4.78 is 4.63. The van der Waals surface area contributed by atoms with E-state index in [1.807, 2.05) is 11.8 Å². The Kier molecular flexibility index (Phi) is 5.29. The normalized spacial score (nSPS) is 14.7. The van der Waals surface area contributed by atoms with Crippen molar-refractivity contribution in [2.45, 2.75) is 37.0 Å². The zero-order valence-electron chi connectivity index (χ0n) is 15.3. The average Bonchev–Trinajstić information content (AvgIpc) is 2.61. The highest BCUT2D eigenvalue weighted by atomic mass is 32.2. The van der Waals surface area contributed by atoms with E-state index >= 15 is 0 Å². The molecule has 1 aliphatic rings. The Labute approximate surface area is 158 Å². The van der Waals surface area contributed by atoms with Gasteiger partial charge in [0.2, 0.25) is 0 Å². The molecule has 4 heteroatoms. The predicted molar refractivity (Wildman–Crippen MR) is 105 cm³/mol. The third kappa shape index (κ3) is 3.73. The number of ether oxygens (including phenoxy) is 1. The third-order valence-corrected chi connectivity index (χ3v) is 5.89. The minimum absolute atomic E-state index is 0.113. The van der Waals surface area contributed by atoms with Gasteiger partial charge in [0.05, 0.1) is 7.11 Å². The first-order valence-corrected chi connectivity index (χ1v) is 9.56. The second-order valence-electron chi connectivity index (χ2n) is 6.98. The fraction of sp³-hybridized carbons (Fsp3) is 0.318. The summed E-state index contributed by atoms with van der Waals surface area (Å²) in [5, 5.41) is 9.95. The number of phenolic OH excluding ortho intramolecular Hbond substituents is 1. The van der Waals surface area contributed by atoms with E-state index in [1.54, 1.807) is 6.07 Å². The van der Waals surface area contributed by atoms with E-state index in [9.17, 15) is 9.90 Å².